The molecule has 0 saturated carbocycles. The van der Waals surface area contributed by atoms with Gasteiger partial charge < -0.3 is 4.42 Å². The Bertz CT molecular complexity index is 2980. The van der Waals surface area contributed by atoms with Gasteiger partial charge in [-0.1, -0.05) is 103 Å². The van der Waals surface area contributed by atoms with Crippen LogP contribution in [0.25, 0.3) is 110 Å². The molecule has 0 aliphatic heterocycles. The number of fused-ring (bicyclic) bond motifs is 8. The highest BCUT2D eigenvalue weighted by Gasteiger charge is 2.24. The molecule has 11 rings (SSSR count). The molecule has 0 spiro atoms. The normalized spacial score (nSPS) is 12.1. The third kappa shape index (κ3) is 4.06. The van der Waals surface area contributed by atoms with Crippen LogP contribution in [0.15, 0.2) is 174 Å². The van der Waals surface area contributed by atoms with Gasteiger partial charge in [-0.2, -0.15) is 0 Å². The van der Waals surface area contributed by atoms with Crippen molar-refractivity contribution >= 4 is 54.3 Å². The van der Waals surface area contributed by atoms with E-state index in [9.17, 15) is 0 Å². The maximum Gasteiger partial charge on any atom is 0.136 e. The van der Waals surface area contributed by atoms with Crippen LogP contribution < -0.4 is 0 Å². The maximum atomic E-state index is 6.31. The molecule has 0 fully saturated rings. The summed E-state index contributed by atoms with van der Waals surface area (Å²) in [4.78, 5) is 0. The Kier molecular flexibility index (Phi) is 5.45. The van der Waals surface area contributed by atoms with Crippen LogP contribution in [0.1, 0.15) is 0 Å². The van der Waals surface area contributed by atoms with Crippen molar-refractivity contribution in [1.82, 2.24) is 0 Å². The predicted molar refractivity (Wildman–Crippen MR) is 207 cm³/mol. The smallest absolute Gasteiger partial charge is 0.136 e. The standard InChI is InChI=1S/C48H28O/c1-2-9-29(10-3-1)37-20-39-21-38(27-45-41-23-33-12-5-4-11-32(33)22-40(41)44(26-37)48(39)45)31-16-8-15-30(19-31)36-17-18-46-42(25-36)43-24-34-13-6-7-14-35(34)28-47(43)49-46/h1-28H. The van der Waals surface area contributed by atoms with E-state index in [1.54, 1.807) is 0 Å². The Labute approximate surface area is 283 Å². The molecule has 0 N–H and O–H groups in total. The van der Waals surface area contributed by atoms with E-state index in [1.165, 1.54) is 88.0 Å². The number of hydrogen-bond acceptors (Lipinski definition) is 1. The van der Waals surface area contributed by atoms with Crippen molar-refractivity contribution < 1.29 is 4.42 Å². The number of rotatable bonds is 3. The lowest BCUT2D eigenvalue weighted by molar-refractivity contribution is 0.669. The molecule has 0 bridgehead atoms. The lowest BCUT2D eigenvalue weighted by Crippen LogP contribution is -1.86. The van der Waals surface area contributed by atoms with Crippen LogP contribution in [0.4, 0.5) is 0 Å². The predicted octanol–water partition coefficient (Wildman–Crippen LogP) is 13.7. The average Bonchev–Trinajstić information content (AvgIpc) is 3.67. The van der Waals surface area contributed by atoms with Gasteiger partial charge in [-0.05, 0) is 155 Å². The summed E-state index contributed by atoms with van der Waals surface area (Å²) in [6.07, 6.45) is 0. The fraction of sp³-hybridized carbons (Fsp3) is 0. The fourth-order valence-electron chi connectivity index (χ4n) is 8.11. The van der Waals surface area contributed by atoms with E-state index in [0.717, 1.165) is 21.9 Å². The Balaban J connectivity index is 1.09. The van der Waals surface area contributed by atoms with E-state index in [0.29, 0.717) is 0 Å². The van der Waals surface area contributed by atoms with Crippen LogP contribution in [-0.2, 0) is 0 Å². The van der Waals surface area contributed by atoms with Crippen molar-refractivity contribution in [3.05, 3.63) is 170 Å². The number of furan rings is 1. The number of hydrogen-bond donors (Lipinski definition) is 0. The summed E-state index contributed by atoms with van der Waals surface area (Å²) in [6, 6.07) is 62.3. The van der Waals surface area contributed by atoms with E-state index in [4.69, 9.17) is 4.42 Å². The van der Waals surface area contributed by atoms with Crippen molar-refractivity contribution in [2.45, 2.75) is 0 Å². The minimum atomic E-state index is 0.916. The molecule has 0 saturated heterocycles. The molecule has 1 heteroatoms. The van der Waals surface area contributed by atoms with Crippen LogP contribution in [0, 0.1) is 0 Å². The Hall–Kier alpha value is -6.44. The van der Waals surface area contributed by atoms with Gasteiger partial charge in [0, 0.05) is 10.8 Å². The minimum absolute atomic E-state index is 0.916. The van der Waals surface area contributed by atoms with Crippen LogP contribution in [-0.4, -0.2) is 0 Å². The van der Waals surface area contributed by atoms with E-state index < -0.39 is 0 Å². The first-order valence-corrected chi connectivity index (χ1v) is 16.9. The van der Waals surface area contributed by atoms with Gasteiger partial charge in [-0.15, -0.1) is 0 Å². The second-order valence-electron chi connectivity index (χ2n) is 13.3. The van der Waals surface area contributed by atoms with Gasteiger partial charge in [0.05, 0.1) is 0 Å². The van der Waals surface area contributed by atoms with Gasteiger partial charge in [0.1, 0.15) is 11.2 Å². The molecule has 1 aliphatic carbocycles. The average molecular weight is 621 g/mol. The fourth-order valence-corrected chi connectivity index (χ4v) is 8.11. The molecule has 1 nitrogen and oxygen atoms in total. The molecule has 9 aromatic carbocycles. The summed E-state index contributed by atoms with van der Waals surface area (Å²) >= 11 is 0. The second-order valence-corrected chi connectivity index (χ2v) is 13.3. The highest BCUT2D eigenvalue weighted by molar-refractivity contribution is 6.19. The Morgan fingerprint density at radius 3 is 1.49 bits per heavy atom. The minimum Gasteiger partial charge on any atom is -0.456 e. The Morgan fingerprint density at radius 1 is 0.265 bits per heavy atom. The zero-order valence-electron chi connectivity index (χ0n) is 26.6. The van der Waals surface area contributed by atoms with Crippen LogP contribution in [0.5, 0.6) is 0 Å². The first-order chi connectivity index (χ1) is 24.2. The molecule has 226 valence electrons. The molecule has 1 aromatic heterocycles. The molecular weight excluding hydrogens is 593 g/mol. The summed E-state index contributed by atoms with van der Waals surface area (Å²) in [5.74, 6) is 0. The van der Waals surface area contributed by atoms with Gasteiger partial charge in [0.2, 0.25) is 0 Å². The van der Waals surface area contributed by atoms with Crippen molar-refractivity contribution in [2.24, 2.45) is 0 Å². The van der Waals surface area contributed by atoms with Crippen molar-refractivity contribution in [2.75, 3.05) is 0 Å². The zero-order valence-corrected chi connectivity index (χ0v) is 26.6. The summed E-state index contributed by atoms with van der Waals surface area (Å²) < 4.78 is 6.31. The SMILES string of the molecule is c1ccc(-c2cc3c4c(cc(-c5cccc(-c6ccc7oc8cc9ccccc9cc8c7c6)c5)cc4c2)-c2cc4ccccc4cc2-3)cc1. The topological polar surface area (TPSA) is 13.1 Å². The quantitative estimate of drug-likeness (QED) is 0.192. The van der Waals surface area contributed by atoms with E-state index >= 15 is 0 Å². The van der Waals surface area contributed by atoms with Gasteiger partial charge in [-0.3, -0.25) is 0 Å². The largest absolute Gasteiger partial charge is 0.456 e. The van der Waals surface area contributed by atoms with Crippen LogP contribution in [0.2, 0.25) is 0 Å². The molecule has 0 amide bonds. The highest BCUT2D eigenvalue weighted by atomic mass is 16.3. The summed E-state index contributed by atoms with van der Waals surface area (Å²) in [6.45, 7) is 0. The monoisotopic (exact) mass is 620 g/mol. The lowest BCUT2D eigenvalue weighted by Gasteiger charge is -2.12. The van der Waals surface area contributed by atoms with E-state index in [1.807, 2.05) is 0 Å². The Morgan fingerprint density at radius 2 is 0.796 bits per heavy atom. The van der Waals surface area contributed by atoms with Crippen LogP contribution in [0.3, 0.4) is 0 Å². The molecule has 0 radical (unpaired) electrons. The van der Waals surface area contributed by atoms with Gasteiger partial charge >= 0.3 is 0 Å². The molecule has 49 heavy (non-hydrogen) atoms. The second kappa shape index (κ2) is 10.0. The molecule has 0 atom stereocenters. The first kappa shape index (κ1) is 26.6. The molecule has 1 aliphatic rings. The van der Waals surface area contributed by atoms with E-state index in [2.05, 4.69) is 170 Å². The number of benzene rings is 9. The summed E-state index contributed by atoms with van der Waals surface area (Å²) in [5, 5.41) is 9.88. The highest BCUT2D eigenvalue weighted by Crippen LogP contribution is 2.51. The summed E-state index contributed by atoms with van der Waals surface area (Å²) in [5.41, 5.74) is 14.4. The van der Waals surface area contributed by atoms with Gasteiger partial charge in [0.25, 0.3) is 0 Å². The van der Waals surface area contributed by atoms with Gasteiger partial charge in [0.15, 0.2) is 0 Å². The van der Waals surface area contributed by atoms with Crippen molar-refractivity contribution in [3.63, 3.8) is 0 Å². The summed E-state index contributed by atoms with van der Waals surface area (Å²) in [7, 11) is 0. The third-order valence-electron chi connectivity index (χ3n) is 10.5. The first-order valence-electron chi connectivity index (χ1n) is 16.9. The van der Waals surface area contributed by atoms with Gasteiger partial charge in [-0.25, -0.2) is 0 Å². The third-order valence-corrected chi connectivity index (χ3v) is 10.5. The maximum absolute atomic E-state index is 6.31. The zero-order chi connectivity index (χ0) is 32.1. The molecule has 1 heterocycles. The van der Waals surface area contributed by atoms with E-state index in [-0.39, 0.29) is 0 Å². The molecule has 0 unspecified atom stereocenters. The lowest BCUT2D eigenvalue weighted by atomic mass is 9.92. The van der Waals surface area contributed by atoms with Crippen LogP contribution >= 0.6 is 0 Å². The van der Waals surface area contributed by atoms with Crippen molar-refractivity contribution in [3.8, 4) is 55.6 Å². The molecule has 10 aromatic rings. The molecular formula is C48H28O. The van der Waals surface area contributed by atoms with Crippen molar-refractivity contribution in [1.29, 1.82) is 0 Å².